The average molecular weight is 189 g/mol. The van der Waals surface area contributed by atoms with Crippen molar-refractivity contribution >= 4 is 0 Å². The summed E-state index contributed by atoms with van der Waals surface area (Å²) in [5, 5.41) is 21.0. The second-order valence-electron chi connectivity index (χ2n) is 2.71. The highest BCUT2D eigenvalue weighted by Crippen LogP contribution is 2.22. The van der Waals surface area contributed by atoms with E-state index in [-0.39, 0.29) is 13.0 Å². The molecule has 0 heterocycles. The van der Waals surface area contributed by atoms with E-state index in [4.69, 9.17) is 16.1 Å². The van der Waals surface area contributed by atoms with Crippen molar-refractivity contribution < 1.29 is 0 Å². The topological polar surface area (TPSA) is 96.3 Å². The van der Waals surface area contributed by atoms with Crippen LogP contribution in [0.25, 0.3) is 10.4 Å². The van der Waals surface area contributed by atoms with Gasteiger partial charge in [0.15, 0.2) is 5.41 Å². The molecule has 72 valence electrons. The quantitative estimate of drug-likeness (QED) is 0.287. The number of hydrogen-bond acceptors (Lipinski definition) is 3. The Morgan fingerprint density at radius 2 is 2.14 bits per heavy atom. The molecule has 0 aromatic carbocycles. The van der Waals surface area contributed by atoms with Gasteiger partial charge < -0.3 is 0 Å². The van der Waals surface area contributed by atoms with Gasteiger partial charge in [-0.15, -0.1) is 0 Å². The number of rotatable bonds is 5. The molecule has 0 amide bonds. The van der Waals surface area contributed by atoms with Crippen LogP contribution in [0.2, 0.25) is 0 Å². The van der Waals surface area contributed by atoms with Gasteiger partial charge in [0.25, 0.3) is 0 Å². The van der Waals surface area contributed by atoms with E-state index in [0.717, 1.165) is 6.42 Å². The summed E-state index contributed by atoms with van der Waals surface area (Å²) < 4.78 is 0. The molecule has 0 aliphatic carbocycles. The van der Waals surface area contributed by atoms with Crippen molar-refractivity contribution in [3.63, 3.8) is 0 Å². The monoisotopic (exact) mass is 189 g/mol. The highest BCUT2D eigenvalue weighted by molar-refractivity contribution is 5.24. The summed E-state index contributed by atoms with van der Waals surface area (Å²) in [5.74, 6) is 0. The normalized spacial score (nSPS) is 10.2. The summed E-state index contributed by atoms with van der Waals surface area (Å²) in [4.78, 5) is 2.57. The fourth-order valence-electron chi connectivity index (χ4n) is 0.885. The molecular formula is C9H11N5. The minimum atomic E-state index is -1.15. The van der Waals surface area contributed by atoms with E-state index in [1.165, 1.54) is 0 Å². The average Bonchev–Trinajstić information content (AvgIpc) is 2.24. The first kappa shape index (κ1) is 12.0. The van der Waals surface area contributed by atoms with Gasteiger partial charge in [-0.1, -0.05) is 24.2 Å². The first-order valence-corrected chi connectivity index (χ1v) is 4.25. The Morgan fingerprint density at radius 1 is 1.50 bits per heavy atom. The Bertz CT molecular complexity index is 310. The van der Waals surface area contributed by atoms with Crippen molar-refractivity contribution in [3.8, 4) is 12.1 Å². The van der Waals surface area contributed by atoms with Crippen molar-refractivity contribution in [3.05, 3.63) is 22.6 Å². The molecule has 0 saturated heterocycles. The lowest BCUT2D eigenvalue weighted by Gasteiger charge is -2.11. The predicted molar refractivity (Wildman–Crippen MR) is 51.7 cm³/mol. The van der Waals surface area contributed by atoms with Gasteiger partial charge in [-0.3, -0.25) is 0 Å². The van der Waals surface area contributed by atoms with Crippen LogP contribution in [0.1, 0.15) is 19.8 Å². The molecule has 5 heteroatoms. The van der Waals surface area contributed by atoms with Crippen LogP contribution in [0, 0.1) is 28.1 Å². The molecule has 0 fully saturated rings. The van der Waals surface area contributed by atoms with Crippen molar-refractivity contribution in [1.29, 1.82) is 10.5 Å². The van der Waals surface area contributed by atoms with Crippen LogP contribution in [-0.4, -0.2) is 6.54 Å². The lowest BCUT2D eigenvalue weighted by Crippen LogP contribution is -2.13. The Balaban J connectivity index is 4.57. The SMILES string of the molecule is CCC=CC(C#N)(C#N)CCN=[N+]=[N-]. The maximum Gasteiger partial charge on any atom is 0.161 e. The first-order chi connectivity index (χ1) is 6.74. The number of azide groups is 1. The number of allylic oxidation sites excluding steroid dienone is 2. The molecule has 0 aliphatic rings. The molecule has 0 aromatic rings. The van der Waals surface area contributed by atoms with Gasteiger partial charge in [0.05, 0.1) is 12.1 Å². The molecular weight excluding hydrogens is 178 g/mol. The molecule has 0 rings (SSSR count). The molecule has 5 nitrogen and oxygen atoms in total. The highest BCUT2D eigenvalue weighted by atomic mass is 15.1. The Hall–Kier alpha value is -1.97. The summed E-state index contributed by atoms with van der Waals surface area (Å²) in [6, 6.07) is 3.86. The second kappa shape index (κ2) is 6.54. The van der Waals surface area contributed by atoms with E-state index < -0.39 is 5.41 Å². The van der Waals surface area contributed by atoms with Gasteiger partial charge in [-0.25, -0.2) is 0 Å². The lowest BCUT2D eigenvalue weighted by molar-refractivity contribution is 0.599. The molecule has 0 bridgehead atoms. The smallest absolute Gasteiger partial charge is 0.161 e. The molecule has 0 aliphatic heterocycles. The van der Waals surface area contributed by atoms with Gasteiger partial charge in [-0.05, 0) is 18.4 Å². The standard InChI is InChI=1S/C9H11N5/c1-2-3-4-9(7-10,8-11)5-6-13-14-12/h3-4H,2,5-6H2,1H3. The molecule has 0 radical (unpaired) electrons. The van der Waals surface area contributed by atoms with Crippen LogP contribution in [-0.2, 0) is 0 Å². The van der Waals surface area contributed by atoms with Crippen molar-refractivity contribution in [2.45, 2.75) is 19.8 Å². The lowest BCUT2D eigenvalue weighted by atomic mass is 9.87. The minimum absolute atomic E-state index is 0.158. The maximum atomic E-state index is 8.84. The summed E-state index contributed by atoms with van der Waals surface area (Å²) in [7, 11) is 0. The van der Waals surface area contributed by atoms with Crippen LogP contribution in [0.5, 0.6) is 0 Å². The largest absolute Gasteiger partial charge is 0.196 e. The number of nitrogens with zero attached hydrogens (tertiary/aromatic N) is 5. The van der Waals surface area contributed by atoms with E-state index in [1.54, 1.807) is 12.2 Å². The second-order valence-corrected chi connectivity index (χ2v) is 2.71. The number of hydrogen-bond donors (Lipinski definition) is 0. The third-order valence-electron chi connectivity index (χ3n) is 1.71. The molecule has 14 heavy (non-hydrogen) atoms. The van der Waals surface area contributed by atoms with Crippen LogP contribution >= 0.6 is 0 Å². The molecule has 0 atom stereocenters. The zero-order valence-corrected chi connectivity index (χ0v) is 8.01. The van der Waals surface area contributed by atoms with Gasteiger partial charge >= 0.3 is 0 Å². The fourth-order valence-corrected chi connectivity index (χ4v) is 0.885. The van der Waals surface area contributed by atoms with Crippen LogP contribution in [0.3, 0.4) is 0 Å². The van der Waals surface area contributed by atoms with E-state index in [0.29, 0.717) is 0 Å². The zero-order chi connectivity index (χ0) is 10.9. The number of nitriles is 2. The van der Waals surface area contributed by atoms with E-state index in [2.05, 4.69) is 10.0 Å². The fraction of sp³-hybridized carbons (Fsp3) is 0.556. The van der Waals surface area contributed by atoms with Gasteiger partial charge in [-0.2, -0.15) is 10.5 Å². The third-order valence-corrected chi connectivity index (χ3v) is 1.71. The van der Waals surface area contributed by atoms with E-state index in [1.807, 2.05) is 19.1 Å². The first-order valence-electron chi connectivity index (χ1n) is 4.25. The van der Waals surface area contributed by atoms with Gasteiger partial charge in [0, 0.05) is 11.5 Å². The van der Waals surface area contributed by atoms with Crippen molar-refractivity contribution in [2.24, 2.45) is 10.5 Å². The Kier molecular flexibility index (Phi) is 5.62. The molecule has 0 N–H and O–H groups in total. The van der Waals surface area contributed by atoms with Crippen LogP contribution in [0.4, 0.5) is 0 Å². The summed E-state index contributed by atoms with van der Waals surface area (Å²) in [6.07, 6.45) is 4.34. The maximum absolute atomic E-state index is 8.84. The summed E-state index contributed by atoms with van der Waals surface area (Å²) >= 11 is 0. The minimum Gasteiger partial charge on any atom is -0.196 e. The van der Waals surface area contributed by atoms with Crippen molar-refractivity contribution in [2.75, 3.05) is 6.54 Å². The van der Waals surface area contributed by atoms with Crippen LogP contribution in [0.15, 0.2) is 17.3 Å². The summed E-state index contributed by atoms with van der Waals surface area (Å²) in [6.45, 7) is 2.08. The molecule has 0 unspecified atom stereocenters. The third kappa shape index (κ3) is 3.62. The van der Waals surface area contributed by atoms with E-state index >= 15 is 0 Å². The summed E-state index contributed by atoms with van der Waals surface area (Å²) in [5.41, 5.74) is 6.91. The van der Waals surface area contributed by atoms with Crippen LogP contribution < -0.4 is 0 Å². The zero-order valence-electron chi connectivity index (χ0n) is 8.01. The van der Waals surface area contributed by atoms with Crippen molar-refractivity contribution in [1.82, 2.24) is 0 Å². The predicted octanol–water partition coefficient (Wildman–Crippen LogP) is 2.69. The Labute approximate surface area is 82.9 Å². The molecule has 0 aromatic heterocycles. The molecule has 0 saturated carbocycles. The Morgan fingerprint density at radius 3 is 2.57 bits per heavy atom. The molecule has 0 spiro atoms. The van der Waals surface area contributed by atoms with Gasteiger partial charge in [0.2, 0.25) is 0 Å². The van der Waals surface area contributed by atoms with Gasteiger partial charge in [0.1, 0.15) is 0 Å². The van der Waals surface area contributed by atoms with E-state index in [9.17, 15) is 0 Å². The highest BCUT2D eigenvalue weighted by Gasteiger charge is 2.25.